The summed E-state index contributed by atoms with van der Waals surface area (Å²) in [6.07, 6.45) is 3.65. The number of hydrogen-bond donors (Lipinski definition) is 1. The summed E-state index contributed by atoms with van der Waals surface area (Å²) in [4.78, 5) is 4.12. The van der Waals surface area contributed by atoms with Crippen LogP contribution in [0.4, 0.5) is 0 Å². The first kappa shape index (κ1) is 10.7. The number of halogens is 1. The molecule has 2 N–H and O–H groups in total. The van der Waals surface area contributed by atoms with Crippen molar-refractivity contribution < 1.29 is 0 Å². The minimum absolute atomic E-state index is 0.0741. The standard InChI is InChI=1S/C10H15BrN2/c1-6(2)10(12)8-4-13-5-9(11)7(8)3/h4-6,10H,12H2,1-3H3/t10-/m1/s1. The first-order chi connectivity index (χ1) is 6.04. The van der Waals surface area contributed by atoms with Crippen LogP contribution in [0.1, 0.15) is 31.0 Å². The van der Waals surface area contributed by atoms with E-state index in [1.807, 2.05) is 6.20 Å². The van der Waals surface area contributed by atoms with E-state index in [1.165, 1.54) is 5.56 Å². The highest BCUT2D eigenvalue weighted by molar-refractivity contribution is 9.10. The Morgan fingerprint density at radius 1 is 1.38 bits per heavy atom. The molecule has 0 aliphatic carbocycles. The molecule has 0 bridgehead atoms. The van der Waals surface area contributed by atoms with Crippen LogP contribution in [0.15, 0.2) is 16.9 Å². The molecule has 72 valence electrons. The predicted octanol–water partition coefficient (Wildman–Crippen LogP) is 2.81. The van der Waals surface area contributed by atoms with Gasteiger partial charge in [0.05, 0.1) is 0 Å². The van der Waals surface area contributed by atoms with Gasteiger partial charge in [0.25, 0.3) is 0 Å². The van der Waals surface area contributed by atoms with Crippen molar-refractivity contribution in [2.24, 2.45) is 11.7 Å². The van der Waals surface area contributed by atoms with E-state index in [4.69, 9.17) is 5.73 Å². The quantitative estimate of drug-likeness (QED) is 0.867. The summed E-state index contributed by atoms with van der Waals surface area (Å²) in [5.41, 5.74) is 8.37. The number of pyridine rings is 1. The highest BCUT2D eigenvalue weighted by atomic mass is 79.9. The number of nitrogens with zero attached hydrogens (tertiary/aromatic N) is 1. The van der Waals surface area contributed by atoms with E-state index in [0.717, 1.165) is 10.0 Å². The number of hydrogen-bond acceptors (Lipinski definition) is 2. The van der Waals surface area contributed by atoms with E-state index < -0.39 is 0 Å². The maximum absolute atomic E-state index is 6.05. The molecule has 1 rings (SSSR count). The summed E-state index contributed by atoms with van der Waals surface area (Å²) in [6, 6.07) is 0.0741. The lowest BCUT2D eigenvalue weighted by Crippen LogP contribution is -2.18. The lowest BCUT2D eigenvalue weighted by atomic mass is 9.95. The van der Waals surface area contributed by atoms with E-state index in [2.05, 4.69) is 41.7 Å². The minimum Gasteiger partial charge on any atom is -0.324 e. The lowest BCUT2D eigenvalue weighted by molar-refractivity contribution is 0.510. The molecule has 1 atom stereocenters. The Morgan fingerprint density at radius 2 is 2.00 bits per heavy atom. The third-order valence-electron chi connectivity index (χ3n) is 2.27. The molecule has 2 nitrogen and oxygen atoms in total. The Bertz CT molecular complexity index is 297. The monoisotopic (exact) mass is 242 g/mol. The van der Waals surface area contributed by atoms with Gasteiger partial charge < -0.3 is 5.73 Å². The molecular weight excluding hydrogens is 228 g/mol. The topological polar surface area (TPSA) is 38.9 Å². The largest absolute Gasteiger partial charge is 0.324 e. The number of nitrogens with two attached hydrogens (primary N) is 1. The van der Waals surface area contributed by atoms with Crippen molar-refractivity contribution in [3.8, 4) is 0 Å². The molecule has 1 aromatic rings. The SMILES string of the molecule is Cc1c(Br)cncc1[C@H](N)C(C)C. The van der Waals surface area contributed by atoms with Gasteiger partial charge in [-0.3, -0.25) is 4.98 Å². The summed E-state index contributed by atoms with van der Waals surface area (Å²) < 4.78 is 1.03. The van der Waals surface area contributed by atoms with E-state index >= 15 is 0 Å². The molecule has 0 fully saturated rings. The van der Waals surface area contributed by atoms with E-state index in [9.17, 15) is 0 Å². The molecule has 3 heteroatoms. The fourth-order valence-electron chi connectivity index (χ4n) is 1.21. The summed E-state index contributed by atoms with van der Waals surface area (Å²) >= 11 is 3.45. The number of aromatic nitrogens is 1. The van der Waals surface area contributed by atoms with Crippen molar-refractivity contribution in [2.45, 2.75) is 26.8 Å². The molecule has 0 unspecified atom stereocenters. The maximum atomic E-state index is 6.05. The molecule has 13 heavy (non-hydrogen) atoms. The van der Waals surface area contributed by atoms with Crippen LogP contribution in [-0.4, -0.2) is 4.98 Å². The molecule has 0 aliphatic rings. The third kappa shape index (κ3) is 2.29. The van der Waals surface area contributed by atoms with E-state index in [-0.39, 0.29) is 6.04 Å². The van der Waals surface area contributed by atoms with Crippen LogP contribution in [0.2, 0.25) is 0 Å². The van der Waals surface area contributed by atoms with Gasteiger partial charge in [-0.25, -0.2) is 0 Å². The third-order valence-corrected chi connectivity index (χ3v) is 3.07. The zero-order valence-corrected chi connectivity index (χ0v) is 9.80. The molecule has 0 saturated carbocycles. The Balaban J connectivity index is 3.07. The van der Waals surface area contributed by atoms with Gasteiger partial charge in [-0.2, -0.15) is 0 Å². The van der Waals surface area contributed by atoms with Crippen LogP contribution in [0, 0.1) is 12.8 Å². The molecule has 0 aromatic carbocycles. The minimum atomic E-state index is 0.0741. The van der Waals surface area contributed by atoms with Crippen molar-refractivity contribution in [2.75, 3.05) is 0 Å². The molecule has 0 saturated heterocycles. The van der Waals surface area contributed by atoms with Crippen LogP contribution in [0.25, 0.3) is 0 Å². The van der Waals surface area contributed by atoms with Crippen molar-refractivity contribution in [3.05, 3.63) is 28.0 Å². The normalized spacial score (nSPS) is 13.4. The van der Waals surface area contributed by atoms with Gasteiger partial charge in [0.1, 0.15) is 0 Å². The molecule has 0 spiro atoms. The van der Waals surface area contributed by atoms with Gasteiger partial charge in [0.15, 0.2) is 0 Å². The second-order valence-corrected chi connectivity index (χ2v) is 4.46. The van der Waals surface area contributed by atoms with Crippen molar-refractivity contribution in [1.29, 1.82) is 0 Å². The first-order valence-electron chi connectivity index (χ1n) is 4.39. The second-order valence-electron chi connectivity index (χ2n) is 3.61. The van der Waals surface area contributed by atoms with Gasteiger partial charge in [0.2, 0.25) is 0 Å². The highest BCUT2D eigenvalue weighted by Gasteiger charge is 2.14. The van der Waals surface area contributed by atoms with Gasteiger partial charge >= 0.3 is 0 Å². The smallest absolute Gasteiger partial charge is 0.0413 e. The van der Waals surface area contributed by atoms with Crippen molar-refractivity contribution in [3.63, 3.8) is 0 Å². The van der Waals surface area contributed by atoms with E-state index in [1.54, 1.807) is 6.20 Å². The summed E-state index contributed by atoms with van der Waals surface area (Å²) in [5.74, 6) is 0.440. The first-order valence-corrected chi connectivity index (χ1v) is 5.19. The van der Waals surface area contributed by atoms with Crippen LogP contribution in [0.5, 0.6) is 0 Å². The van der Waals surface area contributed by atoms with Crippen LogP contribution < -0.4 is 5.73 Å². The molecular formula is C10H15BrN2. The maximum Gasteiger partial charge on any atom is 0.0413 e. The zero-order valence-electron chi connectivity index (χ0n) is 8.21. The Hall–Kier alpha value is -0.410. The summed E-state index contributed by atoms with van der Waals surface area (Å²) in [5, 5.41) is 0. The van der Waals surface area contributed by atoms with Gasteiger partial charge in [-0.15, -0.1) is 0 Å². The summed E-state index contributed by atoms with van der Waals surface area (Å²) in [6.45, 7) is 6.29. The number of rotatable bonds is 2. The lowest BCUT2D eigenvalue weighted by Gasteiger charge is -2.18. The molecule has 0 amide bonds. The fourth-order valence-corrected chi connectivity index (χ4v) is 1.56. The summed E-state index contributed by atoms with van der Waals surface area (Å²) in [7, 11) is 0. The van der Waals surface area contributed by atoms with Crippen LogP contribution >= 0.6 is 15.9 Å². The van der Waals surface area contributed by atoms with Crippen LogP contribution in [-0.2, 0) is 0 Å². The average Bonchev–Trinajstić information content (AvgIpc) is 2.08. The molecule has 0 aliphatic heterocycles. The fraction of sp³-hybridized carbons (Fsp3) is 0.500. The van der Waals surface area contributed by atoms with Crippen molar-refractivity contribution in [1.82, 2.24) is 4.98 Å². The average molecular weight is 243 g/mol. The van der Waals surface area contributed by atoms with Crippen molar-refractivity contribution >= 4 is 15.9 Å². The molecule has 0 radical (unpaired) electrons. The highest BCUT2D eigenvalue weighted by Crippen LogP contribution is 2.25. The zero-order chi connectivity index (χ0) is 10.0. The second kappa shape index (κ2) is 4.20. The van der Waals surface area contributed by atoms with Gasteiger partial charge in [-0.05, 0) is 39.9 Å². The molecule has 1 aromatic heterocycles. The van der Waals surface area contributed by atoms with Gasteiger partial charge in [-0.1, -0.05) is 13.8 Å². The van der Waals surface area contributed by atoms with E-state index in [0.29, 0.717) is 5.92 Å². The van der Waals surface area contributed by atoms with Crippen LogP contribution in [0.3, 0.4) is 0 Å². The Kier molecular flexibility index (Phi) is 3.45. The Labute approximate surface area is 87.7 Å². The molecule has 1 heterocycles. The van der Waals surface area contributed by atoms with Gasteiger partial charge in [0, 0.05) is 22.9 Å². The predicted molar refractivity (Wildman–Crippen MR) is 58.4 cm³/mol. The Morgan fingerprint density at radius 3 is 2.54 bits per heavy atom.